The molecule has 2 aliphatic carbocycles. The Balaban J connectivity index is 1.35. The Bertz CT molecular complexity index is 1040. The number of carbonyl (C=O) groups is 3. The highest BCUT2D eigenvalue weighted by atomic mass is 16.5. The number of hydrogen-bond acceptors (Lipinski definition) is 4. The molecule has 2 aliphatic rings. The maximum atomic E-state index is 12.8. The molecule has 0 radical (unpaired) electrons. The van der Waals surface area contributed by atoms with E-state index < -0.39 is 18.1 Å². The Morgan fingerprint density at radius 3 is 2.17 bits per heavy atom. The lowest BCUT2D eigenvalue weighted by Gasteiger charge is -2.32. The van der Waals surface area contributed by atoms with Gasteiger partial charge in [-0.15, -0.1) is 0 Å². The molecular formula is C28H34N2O5. The number of rotatable bonds is 8. The first kappa shape index (κ1) is 24.8. The topological polar surface area (TPSA) is 105 Å². The molecule has 0 aliphatic heterocycles. The van der Waals surface area contributed by atoms with Crippen LogP contribution in [0.15, 0.2) is 48.5 Å². The standard InChI is InChI=1S/C28H34N2O5/c1-17(2)26(27(32)33)30-25(31)15-18-9-3-8-14-24(18)29-28(34)35-16-23-21-12-6-4-10-19(21)20-11-5-7-13-22(20)23/h4-7,10-13,17-18,23-24,26H,3,8-9,14-16H2,1-2H3,(H,29,34)(H,30,31)(H,32,33)/t18-,24-,26-/m0/s1. The zero-order chi connectivity index (χ0) is 24.9. The zero-order valence-electron chi connectivity index (χ0n) is 20.3. The van der Waals surface area contributed by atoms with Crippen molar-refractivity contribution < 1.29 is 24.2 Å². The summed E-state index contributed by atoms with van der Waals surface area (Å²) in [6, 6.07) is 15.3. The fraction of sp³-hybridized carbons (Fsp3) is 0.464. The van der Waals surface area contributed by atoms with Crippen LogP contribution in [0.4, 0.5) is 4.79 Å². The van der Waals surface area contributed by atoms with Crippen LogP contribution in [0.3, 0.4) is 0 Å². The first-order valence-corrected chi connectivity index (χ1v) is 12.5. The van der Waals surface area contributed by atoms with Crippen LogP contribution in [-0.2, 0) is 14.3 Å². The molecule has 2 aromatic rings. The van der Waals surface area contributed by atoms with E-state index in [9.17, 15) is 19.5 Å². The molecule has 3 N–H and O–H groups in total. The second kappa shape index (κ2) is 10.9. The van der Waals surface area contributed by atoms with Gasteiger partial charge in [0.1, 0.15) is 12.6 Å². The highest BCUT2D eigenvalue weighted by Crippen LogP contribution is 2.44. The lowest BCUT2D eigenvalue weighted by Crippen LogP contribution is -2.47. The largest absolute Gasteiger partial charge is 0.480 e. The van der Waals surface area contributed by atoms with Gasteiger partial charge in [-0.25, -0.2) is 9.59 Å². The fourth-order valence-corrected chi connectivity index (χ4v) is 5.42. The maximum Gasteiger partial charge on any atom is 0.407 e. The molecule has 0 unspecified atom stereocenters. The van der Waals surface area contributed by atoms with Gasteiger partial charge in [0.25, 0.3) is 0 Å². The van der Waals surface area contributed by atoms with Crippen LogP contribution < -0.4 is 10.6 Å². The molecule has 0 bridgehead atoms. The minimum absolute atomic E-state index is 0.00920. The minimum Gasteiger partial charge on any atom is -0.480 e. The lowest BCUT2D eigenvalue weighted by atomic mass is 9.82. The van der Waals surface area contributed by atoms with Crippen molar-refractivity contribution in [3.63, 3.8) is 0 Å². The molecule has 1 saturated carbocycles. The van der Waals surface area contributed by atoms with Gasteiger partial charge in [-0.05, 0) is 46.9 Å². The van der Waals surface area contributed by atoms with Crippen LogP contribution in [0, 0.1) is 11.8 Å². The van der Waals surface area contributed by atoms with Gasteiger partial charge in [-0.3, -0.25) is 4.79 Å². The molecule has 1 fully saturated rings. The van der Waals surface area contributed by atoms with E-state index in [4.69, 9.17) is 4.74 Å². The van der Waals surface area contributed by atoms with Gasteiger partial charge in [-0.1, -0.05) is 75.2 Å². The molecule has 0 spiro atoms. The Hall–Kier alpha value is -3.35. The molecule has 2 aromatic carbocycles. The number of benzene rings is 2. The molecule has 4 rings (SSSR count). The van der Waals surface area contributed by atoms with E-state index in [0.29, 0.717) is 0 Å². The molecular weight excluding hydrogens is 444 g/mol. The molecule has 186 valence electrons. The van der Waals surface area contributed by atoms with Crippen molar-refractivity contribution in [2.24, 2.45) is 11.8 Å². The number of carbonyl (C=O) groups excluding carboxylic acids is 2. The quantitative estimate of drug-likeness (QED) is 0.510. The molecule has 3 atom stereocenters. The third-order valence-electron chi connectivity index (χ3n) is 7.25. The monoisotopic (exact) mass is 478 g/mol. The summed E-state index contributed by atoms with van der Waals surface area (Å²) in [4.78, 5) is 36.8. The highest BCUT2D eigenvalue weighted by Gasteiger charge is 2.32. The third kappa shape index (κ3) is 5.66. The van der Waals surface area contributed by atoms with E-state index in [2.05, 4.69) is 34.9 Å². The summed E-state index contributed by atoms with van der Waals surface area (Å²) in [5.41, 5.74) is 4.67. The van der Waals surface area contributed by atoms with E-state index >= 15 is 0 Å². The van der Waals surface area contributed by atoms with Gasteiger partial charge in [0.2, 0.25) is 5.91 Å². The number of hydrogen-bond donors (Lipinski definition) is 3. The van der Waals surface area contributed by atoms with E-state index in [1.165, 1.54) is 11.1 Å². The van der Waals surface area contributed by atoms with Gasteiger partial charge >= 0.3 is 12.1 Å². The van der Waals surface area contributed by atoms with Crippen molar-refractivity contribution in [3.05, 3.63) is 59.7 Å². The number of fused-ring (bicyclic) bond motifs is 3. The van der Waals surface area contributed by atoms with Crippen molar-refractivity contribution >= 4 is 18.0 Å². The number of amides is 2. The predicted molar refractivity (Wildman–Crippen MR) is 133 cm³/mol. The van der Waals surface area contributed by atoms with E-state index in [-0.39, 0.29) is 42.7 Å². The fourth-order valence-electron chi connectivity index (χ4n) is 5.42. The van der Waals surface area contributed by atoms with Crippen LogP contribution in [0.25, 0.3) is 11.1 Å². The molecule has 0 saturated heterocycles. The molecule has 0 heterocycles. The third-order valence-corrected chi connectivity index (χ3v) is 7.25. The van der Waals surface area contributed by atoms with E-state index in [1.54, 1.807) is 13.8 Å². The van der Waals surface area contributed by atoms with Crippen molar-refractivity contribution in [3.8, 4) is 11.1 Å². The number of ether oxygens (including phenoxy) is 1. The Morgan fingerprint density at radius 2 is 1.57 bits per heavy atom. The van der Waals surface area contributed by atoms with Gasteiger partial charge in [0.05, 0.1) is 0 Å². The number of aliphatic carboxylic acids is 1. The highest BCUT2D eigenvalue weighted by molar-refractivity contribution is 5.84. The normalized spacial score (nSPS) is 20.0. The number of nitrogens with one attached hydrogen (secondary N) is 2. The average Bonchev–Trinajstić information content (AvgIpc) is 3.16. The van der Waals surface area contributed by atoms with Crippen LogP contribution in [-0.4, -0.2) is 41.8 Å². The second-order valence-electron chi connectivity index (χ2n) is 9.95. The van der Waals surface area contributed by atoms with Crippen molar-refractivity contribution in [1.29, 1.82) is 0 Å². The molecule has 2 amide bonds. The average molecular weight is 479 g/mol. The number of carboxylic acids is 1. The Morgan fingerprint density at radius 1 is 0.971 bits per heavy atom. The summed E-state index contributed by atoms with van der Waals surface area (Å²) in [5, 5.41) is 15.0. The summed E-state index contributed by atoms with van der Waals surface area (Å²) in [6.45, 7) is 3.77. The Kier molecular flexibility index (Phi) is 7.73. The van der Waals surface area contributed by atoms with E-state index in [1.807, 2.05) is 24.3 Å². The summed E-state index contributed by atoms with van der Waals surface area (Å²) in [5.74, 6) is -1.60. The number of carboxylic acid groups (broad SMARTS) is 1. The van der Waals surface area contributed by atoms with Crippen LogP contribution in [0.1, 0.15) is 63.0 Å². The van der Waals surface area contributed by atoms with Crippen molar-refractivity contribution in [2.45, 2.75) is 64.0 Å². The Labute approximate surface area is 206 Å². The predicted octanol–water partition coefficient (Wildman–Crippen LogP) is 4.70. The van der Waals surface area contributed by atoms with Crippen LogP contribution in [0.2, 0.25) is 0 Å². The summed E-state index contributed by atoms with van der Waals surface area (Å²) >= 11 is 0. The smallest absolute Gasteiger partial charge is 0.407 e. The SMILES string of the molecule is CC(C)[C@H](NC(=O)C[C@@H]1CCCC[C@@H]1NC(=O)OCC1c2ccccc2-c2ccccc21)C(=O)O. The van der Waals surface area contributed by atoms with Gasteiger partial charge in [0, 0.05) is 18.4 Å². The first-order chi connectivity index (χ1) is 16.8. The second-order valence-corrected chi connectivity index (χ2v) is 9.95. The lowest BCUT2D eigenvalue weighted by molar-refractivity contribution is -0.143. The minimum atomic E-state index is -1.04. The van der Waals surface area contributed by atoms with Crippen LogP contribution in [0.5, 0.6) is 0 Å². The van der Waals surface area contributed by atoms with Crippen molar-refractivity contribution in [2.75, 3.05) is 6.61 Å². The number of alkyl carbamates (subject to hydrolysis) is 1. The van der Waals surface area contributed by atoms with Crippen molar-refractivity contribution in [1.82, 2.24) is 10.6 Å². The van der Waals surface area contributed by atoms with Gasteiger partial charge in [-0.2, -0.15) is 0 Å². The maximum absolute atomic E-state index is 12.8. The molecule has 7 heteroatoms. The summed E-state index contributed by atoms with van der Waals surface area (Å²) < 4.78 is 5.69. The van der Waals surface area contributed by atoms with E-state index in [0.717, 1.165) is 36.8 Å². The summed E-state index contributed by atoms with van der Waals surface area (Å²) in [6.07, 6.45) is 3.24. The zero-order valence-corrected chi connectivity index (χ0v) is 20.3. The first-order valence-electron chi connectivity index (χ1n) is 12.5. The summed E-state index contributed by atoms with van der Waals surface area (Å²) in [7, 11) is 0. The van der Waals surface area contributed by atoms with Gasteiger partial charge < -0.3 is 20.5 Å². The van der Waals surface area contributed by atoms with Gasteiger partial charge in [0.15, 0.2) is 0 Å². The van der Waals surface area contributed by atoms with Crippen LogP contribution >= 0.6 is 0 Å². The molecule has 0 aromatic heterocycles. The molecule has 35 heavy (non-hydrogen) atoms. The molecule has 7 nitrogen and oxygen atoms in total.